The summed E-state index contributed by atoms with van der Waals surface area (Å²) in [6.07, 6.45) is 2.28. The lowest BCUT2D eigenvalue weighted by Crippen LogP contribution is -2.31. The Labute approximate surface area is 181 Å². The standard InChI is InChI=1S/C26H25NO4/c28-25(16-21-10-13-24-23(15-21)7-4-14-31-24)27(17-19-5-2-1-3-6-19)18-20-8-11-22(12-9-20)26(29)30/h1-3,5-6,8-13,15H,4,7,14,16-18H2,(H,29,30). The number of benzene rings is 3. The Bertz CT molecular complexity index is 1060. The minimum Gasteiger partial charge on any atom is -0.493 e. The van der Waals surface area contributed by atoms with Crippen LogP contribution in [0.5, 0.6) is 5.75 Å². The molecule has 0 fully saturated rings. The second kappa shape index (κ2) is 9.47. The molecule has 1 N–H and O–H groups in total. The van der Waals surface area contributed by atoms with Gasteiger partial charge in [0.25, 0.3) is 0 Å². The topological polar surface area (TPSA) is 66.8 Å². The number of fused-ring (bicyclic) bond motifs is 1. The number of aromatic carboxylic acids is 1. The molecule has 0 aliphatic carbocycles. The number of carbonyl (C=O) groups is 2. The Balaban J connectivity index is 1.52. The number of nitrogens with zero attached hydrogens (tertiary/aromatic N) is 1. The summed E-state index contributed by atoms with van der Waals surface area (Å²) in [6.45, 7) is 1.66. The third-order valence-electron chi connectivity index (χ3n) is 5.47. The summed E-state index contributed by atoms with van der Waals surface area (Å²) in [4.78, 5) is 26.2. The van der Waals surface area contributed by atoms with Crippen molar-refractivity contribution >= 4 is 11.9 Å². The van der Waals surface area contributed by atoms with Gasteiger partial charge >= 0.3 is 5.97 Å². The molecular weight excluding hydrogens is 390 g/mol. The number of carboxylic acids is 1. The zero-order valence-corrected chi connectivity index (χ0v) is 17.3. The largest absolute Gasteiger partial charge is 0.493 e. The number of hydrogen-bond acceptors (Lipinski definition) is 3. The SMILES string of the molecule is O=C(O)c1ccc(CN(Cc2ccccc2)C(=O)Cc2ccc3c(c2)CCCO3)cc1. The molecule has 0 saturated carbocycles. The molecule has 0 atom stereocenters. The van der Waals surface area contributed by atoms with Crippen LogP contribution in [0.1, 0.15) is 39.0 Å². The first-order valence-electron chi connectivity index (χ1n) is 10.5. The van der Waals surface area contributed by atoms with E-state index >= 15 is 0 Å². The second-order valence-electron chi connectivity index (χ2n) is 7.81. The first-order valence-corrected chi connectivity index (χ1v) is 10.5. The van der Waals surface area contributed by atoms with Gasteiger partial charge in [-0.25, -0.2) is 4.79 Å². The predicted molar refractivity (Wildman–Crippen MR) is 118 cm³/mol. The van der Waals surface area contributed by atoms with Crippen LogP contribution in [0.25, 0.3) is 0 Å². The molecule has 1 heterocycles. The van der Waals surface area contributed by atoms with E-state index in [0.717, 1.165) is 47.5 Å². The third kappa shape index (κ3) is 5.31. The lowest BCUT2D eigenvalue weighted by Gasteiger charge is -2.24. The number of hydrogen-bond donors (Lipinski definition) is 1. The van der Waals surface area contributed by atoms with Gasteiger partial charge in [0.05, 0.1) is 18.6 Å². The normalized spacial score (nSPS) is 12.5. The van der Waals surface area contributed by atoms with Crippen molar-refractivity contribution < 1.29 is 19.4 Å². The Hall–Kier alpha value is -3.60. The molecule has 0 aromatic heterocycles. The highest BCUT2D eigenvalue weighted by Gasteiger charge is 2.18. The molecule has 0 radical (unpaired) electrons. The van der Waals surface area contributed by atoms with E-state index in [0.29, 0.717) is 19.5 Å². The van der Waals surface area contributed by atoms with E-state index in [2.05, 4.69) is 6.07 Å². The first-order chi connectivity index (χ1) is 15.1. The van der Waals surface area contributed by atoms with Gasteiger partial charge in [0, 0.05) is 13.1 Å². The van der Waals surface area contributed by atoms with E-state index in [1.807, 2.05) is 47.4 Å². The van der Waals surface area contributed by atoms with Crippen molar-refractivity contribution in [3.05, 3.63) is 101 Å². The fourth-order valence-corrected chi connectivity index (χ4v) is 3.82. The molecule has 0 spiro atoms. The summed E-state index contributed by atoms with van der Waals surface area (Å²) in [7, 11) is 0. The summed E-state index contributed by atoms with van der Waals surface area (Å²) >= 11 is 0. The van der Waals surface area contributed by atoms with Crippen LogP contribution in [0.2, 0.25) is 0 Å². The van der Waals surface area contributed by atoms with Crippen molar-refractivity contribution in [2.45, 2.75) is 32.4 Å². The molecule has 3 aromatic carbocycles. The van der Waals surface area contributed by atoms with Gasteiger partial charge in [0.1, 0.15) is 5.75 Å². The molecule has 0 bridgehead atoms. The van der Waals surface area contributed by atoms with Gasteiger partial charge in [0.15, 0.2) is 0 Å². The van der Waals surface area contributed by atoms with Gasteiger partial charge in [-0.1, -0.05) is 54.6 Å². The average Bonchev–Trinajstić information content (AvgIpc) is 2.79. The molecule has 4 rings (SSSR count). The van der Waals surface area contributed by atoms with Crippen molar-refractivity contribution in [2.75, 3.05) is 6.61 Å². The van der Waals surface area contributed by atoms with Crippen LogP contribution in [0.3, 0.4) is 0 Å². The minimum absolute atomic E-state index is 0.0304. The first kappa shape index (κ1) is 20.7. The second-order valence-corrected chi connectivity index (χ2v) is 7.81. The highest BCUT2D eigenvalue weighted by molar-refractivity contribution is 5.87. The molecule has 1 aliphatic heterocycles. The van der Waals surface area contributed by atoms with Crippen LogP contribution in [-0.4, -0.2) is 28.5 Å². The molecule has 31 heavy (non-hydrogen) atoms. The van der Waals surface area contributed by atoms with E-state index in [1.54, 1.807) is 24.3 Å². The highest BCUT2D eigenvalue weighted by Crippen LogP contribution is 2.26. The summed E-state index contributed by atoms with van der Waals surface area (Å²) in [6, 6.07) is 22.6. The van der Waals surface area contributed by atoms with Gasteiger partial charge in [-0.2, -0.15) is 0 Å². The Morgan fingerprint density at radius 1 is 0.871 bits per heavy atom. The van der Waals surface area contributed by atoms with Crippen molar-refractivity contribution in [1.29, 1.82) is 0 Å². The lowest BCUT2D eigenvalue weighted by molar-refractivity contribution is -0.131. The van der Waals surface area contributed by atoms with E-state index in [4.69, 9.17) is 9.84 Å². The number of carbonyl (C=O) groups excluding carboxylic acids is 1. The van der Waals surface area contributed by atoms with Crippen LogP contribution < -0.4 is 4.74 Å². The molecular formula is C26H25NO4. The molecule has 0 unspecified atom stereocenters. The van der Waals surface area contributed by atoms with Gasteiger partial charge < -0.3 is 14.7 Å². The van der Waals surface area contributed by atoms with Crippen LogP contribution in [-0.2, 0) is 30.7 Å². The molecule has 0 saturated heterocycles. The fourth-order valence-electron chi connectivity index (χ4n) is 3.82. The van der Waals surface area contributed by atoms with Crippen LogP contribution in [0, 0.1) is 0 Å². The molecule has 158 valence electrons. The fraction of sp³-hybridized carbons (Fsp3) is 0.231. The number of aryl methyl sites for hydroxylation is 1. The maximum Gasteiger partial charge on any atom is 0.335 e. The van der Waals surface area contributed by atoms with Crippen molar-refractivity contribution in [2.24, 2.45) is 0 Å². The quantitative estimate of drug-likeness (QED) is 0.618. The van der Waals surface area contributed by atoms with Crippen molar-refractivity contribution in [3.8, 4) is 5.75 Å². The number of amides is 1. The van der Waals surface area contributed by atoms with E-state index < -0.39 is 5.97 Å². The van der Waals surface area contributed by atoms with Gasteiger partial charge in [0.2, 0.25) is 5.91 Å². The maximum atomic E-state index is 13.3. The summed E-state index contributed by atoms with van der Waals surface area (Å²) < 4.78 is 5.68. The lowest BCUT2D eigenvalue weighted by atomic mass is 10.0. The monoisotopic (exact) mass is 415 g/mol. The molecule has 3 aromatic rings. The van der Waals surface area contributed by atoms with Crippen LogP contribution in [0.15, 0.2) is 72.8 Å². The van der Waals surface area contributed by atoms with E-state index in [1.165, 1.54) is 0 Å². The van der Waals surface area contributed by atoms with Crippen molar-refractivity contribution in [3.63, 3.8) is 0 Å². The zero-order chi connectivity index (χ0) is 21.6. The Morgan fingerprint density at radius 2 is 1.55 bits per heavy atom. The number of carboxylic acid groups (broad SMARTS) is 1. The third-order valence-corrected chi connectivity index (χ3v) is 5.47. The van der Waals surface area contributed by atoms with Gasteiger partial charge in [-0.05, 0) is 53.3 Å². The average molecular weight is 415 g/mol. The Kier molecular flexibility index (Phi) is 6.32. The predicted octanol–water partition coefficient (Wildman–Crippen LogP) is 4.48. The zero-order valence-electron chi connectivity index (χ0n) is 17.3. The summed E-state index contributed by atoms with van der Waals surface area (Å²) in [5.74, 6) is -0.00916. The van der Waals surface area contributed by atoms with E-state index in [-0.39, 0.29) is 11.5 Å². The number of rotatable bonds is 7. The minimum atomic E-state index is -0.958. The number of ether oxygens (including phenoxy) is 1. The molecule has 5 heteroatoms. The smallest absolute Gasteiger partial charge is 0.335 e. The van der Waals surface area contributed by atoms with Gasteiger partial charge in [-0.15, -0.1) is 0 Å². The highest BCUT2D eigenvalue weighted by atomic mass is 16.5. The molecule has 5 nitrogen and oxygen atoms in total. The summed E-state index contributed by atoms with van der Waals surface area (Å²) in [5.41, 5.74) is 4.33. The van der Waals surface area contributed by atoms with E-state index in [9.17, 15) is 9.59 Å². The maximum absolute atomic E-state index is 13.3. The molecule has 1 aliphatic rings. The Morgan fingerprint density at radius 3 is 2.26 bits per heavy atom. The van der Waals surface area contributed by atoms with Gasteiger partial charge in [-0.3, -0.25) is 4.79 Å². The van der Waals surface area contributed by atoms with Crippen molar-refractivity contribution in [1.82, 2.24) is 4.90 Å². The summed E-state index contributed by atoms with van der Waals surface area (Å²) in [5, 5.41) is 9.12. The van der Waals surface area contributed by atoms with Crippen LogP contribution >= 0.6 is 0 Å². The molecule has 1 amide bonds. The van der Waals surface area contributed by atoms with Crippen LogP contribution in [0.4, 0.5) is 0 Å².